The van der Waals surface area contributed by atoms with Crippen LogP contribution in [0.1, 0.15) is 38.3 Å². The van der Waals surface area contributed by atoms with Crippen LogP contribution in [-0.2, 0) is 4.79 Å². The summed E-state index contributed by atoms with van der Waals surface area (Å²) in [4.78, 5) is 11.1. The van der Waals surface area contributed by atoms with Crippen LogP contribution in [0.2, 0.25) is 5.02 Å². The van der Waals surface area contributed by atoms with E-state index in [9.17, 15) is 4.79 Å². The van der Waals surface area contributed by atoms with Crippen molar-refractivity contribution in [3.05, 3.63) is 58.9 Å². The van der Waals surface area contributed by atoms with Crippen molar-refractivity contribution in [1.29, 1.82) is 0 Å². The summed E-state index contributed by atoms with van der Waals surface area (Å²) in [5.74, 6) is -0.418. The van der Waals surface area contributed by atoms with E-state index >= 15 is 4.39 Å². The lowest BCUT2D eigenvalue weighted by molar-refractivity contribution is -0.118. The van der Waals surface area contributed by atoms with E-state index in [-0.39, 0.29) is 41.7 Å². The van der Waals surface area contributed by atoms with Crippen LogP contribution in [-0.4, -0.2) is 11.9 Å². The second-order valence-electron chi connectivity index (χ2n) is 5.89. The van der Waals surface area contributed by atoms with Crippen molar-refractivity contribution in [3.8, 4) is 11.5 Å². The summed E-state index contributed by atoms with van der Waals surface area (Å²) < 4.78 is 20.7. The molecule has 1 amide bonds. The van der Waals surface area contributed by atoms with Crippen LogP contribution in [0.5, 0.6) is 11.5 Å². The number of hydrogen-bond acceptors (Lipinski definition) is 3. The van der Waals surface area contributed by atoms with Gasteiger partial charge in [0.1, 0.15) is 5.75 Å². The van der Waals surface area contributed by atoms with Crippen molar-refractivity contribution in [3.63, 3.8) is 0 Å². The van der Waals surface area contributed by atoms with Crippen LogP contribution in [0.3, 0.4) is 0 Å². The highest BCUT2D eigenvalue weighted by atomic mass is 35.5. The molecule has 2 aromatic carbocycles. The van der Waals surface area contributed by atoms with Crippen LogP contribution in [0.25, 0.3) is 0 Å². The summed E-state index contributed by atoms with van der Waals surface area (Å²) in [5.41, 5.74) is 5.66. The Bertz CT molecular complexity index is 729. The largest absolute Gasteiger partial charge is 0.453 e. The van der Waals surface area contributed by atoms with Crippen molar-refractivity contribution in [1.82, 2.24) is 5.32 Å². The van der Waals surface area contributed by atoms with Gasteiger partial charge >= 0.3 is 0 Å². The minimum absolute atomic E-state index is 0. The van der Waals surface area contributed by atoms with Gasteiger partial charge in [0.05, 0.1) is 5.02 Å². The van der Waals surface area contributed by atoms with Gasteiger partial charge in [-0.1, -0.05) is 42.8 Å². The van der Waals surface area contributed by atoms with Crippen molar-refractivity contribution < 1.29 is 13.9 Å². The first-order valence-corrected chi connectivity index (χ1v) is 8.55. The van der Waals surface area contributed by atoms with E-state index in [4.69, 9.17) is 22.1 Å². The molecule has 2 atom stereocenters. The molecule has 0 fully saturated rings. The normalized spacial score (nSPS) is 12.8. The number of primary amides is 1. The van der Waals surface area contributed by atoms with Gasteiger partial charge in [-0.3, -0.25) is 4.79 Å². The predicted molar refractivity (Wildman–Crippen MR) is 105 cm³/mol. The Labute approximate surface area is 164 Å². The van der Waals surface area contributed by atoms with Gasteiger partial charge in [-0.2, -0.15) is 0 Å². The van der Waals surface area contributed by atoms with E-state index in [2.05, 4.69) is 5.32 Å². The fraction of sp³-hybridized carbons (Fsp3) is 0.316. The Morgan fingerprint density at radius 3 is 2.50 bits per heavy atom. The molecule has 0 aliphatic rings. The van der Waals surface area contributed by atoms with E-state index in [0.717, 1.165) is 0 Å². The number of halogens is 3. The van der Waals surface area contributed by atoms with Gasteiger partial charge < -0.3 is 15.8 Å². The average molecular weight is 401 g/mol. The fourth-order valence-corrected chi connectivity index (χ4v) is 2.83. The third-order valence-electron chi connectivity index (χ3n) is 3.82. The molecule has 4 nitrogen and oxygen atoms in total. The number of benzene rings is 2. The molecule has 0 saturated carbocycles. The van der Waals surface area contributed by atoms with E-state index in [1.165, 1.54) is 0 Å². The zero-order valence-electron chi connectivity index (χ0n) is 14.7. The minimum Gasteiger partial charge on any atom is -0.453 e. The van der Waals surface area contributed by atoms with E-state index < -0.39 is 11.7 Å². The summed E-state index contributed by atoms with van der Waals surface area (Å²) in [6.07, 6.45) is 0.811. The Balaban J connectivity index is 0.00000338. The van der Waals surface area contributed by atoms with Crippen LogP contribution in [0.4, 0.5) is 4.39 Å². The number of para-hydroxylation sites is 1. The number of nitrogens with one attached hydrogen (secondary N) is 1. The molecular weight excluding hydrogens is 378 g/mol. The molecule has 0 radical (unpaired) electrons. The van der Waals surface area contributed by atoms with Crippen molar-refractivity contribution in [2.24, 2.45) is 5.73 Å². The number of amides is 1. The maximum absolute atomic E-state index is 15.0. The second-order valence-corrected chi connectivity index (χ2v) is 6.30. The number of carbonyl (C=O) groups excluding carboxylic acids is 1. The van der Waals surface area contributed by atoms with Crippen molar-refractivity contribution in [2.75, 3.05) is 0 Å². The van der Waals surface area contributed by atoms with Gasteiger partial charge in [0.2, 0.25) is 5.91 Å². The van der Waals surface area contributed by atoms with Gasteiger partial charge in [0.25, 0.3) is 0 Å². The number of ether oxygens (including phenoxy) is 1. The lowest BCUT2D eigenvalue weighted by Gasteiger charge is -2.23. The molecule has 0 bridgehead atoms. The average Bonchev–Trinajstić information content (AvgIpc) is 2.57. The lowest BCUT2D eigenvalue weighted by atomic mass is 10.0. The molecule has 3 N–H and O–H groups in total. The molecule has 142 valence electrons. The summed E-state index contributed by atoms with van der Waals surface area (Å²) in [6.45, 7) is 3.77. The molecule has 0 heterocycles. The van der Waals surface area contributed by atoms with Crippen molar-refractivity contribution >= 4 is 29.9 Å². The predicted octanol–water partition coefficient (Wildman–Crippen LogP) is 5.00. The highest BCUT2D eigenvalue weighted by Crippen LogP contribution is 2.36. The molecule has 0 saturated heterocycles. The van der Waals surface area contributed by atoms with Crippen LogP contribution >= 0.6 is 24.0 Å². The van der Waals surface area contributed by atoms with Gasteiger partial charge in [0.15, 0.2) is 11.6 Å². The van der Waals surface area contributed by atoms with Crippen molar-refractivity contribution in [2.45, 2.75) is 38.8 Å². The molecule has 0 aliphatic carbocycles. The summed E-state index contributed by atoms with van der Waals surface area (Å²) in [7, 11) is 0. The quantitative estimate of drug-likeness (QED) is 0.655. The number of nitrogens with two attached hydrogens (primary N) is 1. The number of carbonyl (C=O) groups is 1. The first kappa shape index (κ1) is 22.2. The monoisotopic (exact) mass is 400 g/mol. The van der Waals surface area contributed by atoms with E-state index in [0.29, 0.717) is 17.7 Å². The first-order chi connectivity index (χ1) is 11.9. The number of hydrogen-bond donors (Lipinski definition) is 2. The Kier molecular flexibility index (Phi) is 8.85. The van der Waals surface area contributed by atoms with Crippen LogP contribution in [0, 0.1) is 5.82 Å². The van der Waals surface area contributed by atoms with Crippen LogP contribution < -0.4 is 15.8 Å². The zero-order chi connectivity index (χ0) is 18.4. The number of rotatable bonds is 8. The SMILES string of the molecule is CC[C@H](N[C@@H](C)CC(N)=O)c1ccc(Cl)c(Oc2ccccc2)c1F.Cl. The van der Waals surface area contributed by atoms with Gasteiger partial charge in [-0.15, -0.1) is 12.4 Å². The molecule has 0 unspecified atom stereocenters. The molecule has 26 heavy (non-hydrogen) atoms. The van der Waals surface area contributed by atoms with Gasteiger partial charge in [-0.05, 0) is 31.5 Å². The molecule has 2 rings (SSSR count). The summed E-state index contributed by atoms with van der Waals surface area (Å²) in [5, 5.41) is 3.43. The third-order valence-corrected chi connectivity index (χ3v) is 4.12. The maximum atomic E-state index is 15.0. The van der Waals surface area contributed by atoms with Gasteiger partial charge in [0, 0.05) is 24.1 Å². The molecule has 0 spiro atoms. The highest BCUT2D eigenvalue weighted by Gasteiger charge is 2.22. The summed E-state index contributed by atoms with van der Waals surface area (Å²) >= 11 is 6.13. The zero-order valence-corrected chi connectivity index (χ0v) is 16.2. The second kappa shape index (κ2) is 10.4. The molecule has 0 aliphatic heterocycles. The maximum Gasteiger partial charge on any atom is 0.218 e. The van der Waals surface area contributed by atoms with Gasteiger partial charge in [-0.25, -0.2) is 4.39 Å². The summed E-state index contributed by atoms with van der Waals surface area (Å²) in [6, 6.07) is 11.7. The highest BCUT2D eigenvalue weighted by molar-refractivity contribution is 6.32. The fourth-order valence-electron chi connectivity index (χ4n) is 2.65. The van der Waals surface area contributed by atoms with E-state index in [1.807, 2.05) is 19.9 Å². The minimum atomic E-state index is -0.512. The standard InChI is InChI=1S/C19H22ClFN2O2.ClH/c1-3-16(23-12(2)11-17(22)24)14-9-10-15(20)19(18(14)21)25-13-7-5-4-6-8-13;/h4-10,12,16,23H,3,11H2,1-2H3,(H2,22,24);1H/t12-,16-;/m0./s1. The third kappa shape index (κ3) is 5.87. The Morgan fingerprint density at radius 1 is 1.27 bits per heavy atom. The lowest BCUT2D eigenvalue weighted by Crippen LogP contribution is -2.34. The Morgan fingerprint density at radius 2 is 1.92 bits per heavy atom. The first-order valence-electron chi connectivity index (χ1n) is 8.17. The molecule has 0 aromatic heterocycles. The van der Waals surface area contributed by atoms with Crippen LogP contribution in [0.15, 0.2) is 42.5 Å². The Hall–Kier alpha value is -1.82. The molecule has 2 aromatic rings. The molecule has 7 heteroatoms. The van der Waals surface area contributed by atoms with E-state index in [1.54, 1.807) is 36.4 Å². The smallest absolute Gasteiger partial charge is 0.218 e. The molecular formula is C19H23Cl2FN2O2. The topological polar surface area (TPSA) is 64.3 Å².